The van der Waals surface area contributed by atoms with Crippen LogP contribution in [0.25, 0.3) is 11.4 Å². The maximum Gasteiger partial charge on any atom is 0.141 e. The zero-order chi connectivity index (χ0) is 10.1. The monoisotopic (exact) mass is 210 g/mol. The SMILES string of the molecule is Cn1ccnc1-c1ccc(F)cc1Cl. The molecule has 72 valence electrons. The van der Waals surface area contributed by atoms with E-state index in [-0.39, 0.29) is 5.82 Å². The van der Waals surface area contributed by atoms with Gasteiger partial charge in [-0.2, -0.15) is 0 Å². The van der Waals surface area contributed by atoms with Crippen molar-refractivity contribution in [2.24, 2.45) is 7.05 Å². The minimum absolute atomic E-state index is 0.340. The van der Waals surface area contributed by atoms with Gasteiger partial charge in [-0.25, -0.2) is 9.37 Å². The molecule has 0 spiro atoms. The molecule has 1 heterocycles. The van der Waals surface area contributed by atoms with Crippen molar-refractivity contribution in [1.29, 1.82) is 0 Å². The molecule has 0 amide bonds. The summed E-state index contributed by atoms with van der Waals surface area (Å²) >= 11 is 5.90. The number of halogens is 2. The molecule has 0 bridgehead atoms. The van der Waals surface area contributed by atoms with Gasteiger partial charge in [0.25, 0.3) is 0 Å². The zero-order valence-electron chi connectivity index (χ0n) is 7.54. The Hall–Kier alpha value is -1.35. The molecule has 0 saturated heterocycles. The largest absolute Gasteiger partial charge is 0.334 e. The second-order valence-electron chi connectivity index (χ2n) is 2.99. The first-order chi connectivity index (χ1) is 6.68. The van der Waals surface area contributed by atoms with Gasteiger partial charge in [0.1, 0.15) is 11.6 Å². The van der Waals surface area contributed by atoms with Crippen molar-refractivity contribution in [3.8, 4) is 11.4 Å². The minimum atomic E-state index is -0.340. The first-order valence-corrected chi connectivity index (χ1v) is 4.49. The average Bonchev–Trinajstić information content (AvgIpc) is 2.52. The third kappa shape index (κ3) is 1.51. The smallest absolute Gasteiger partial charge is 0.141 e. The van der Waals surface area contributed by atoms with Crippen LogP contribution in [0.5, 0.6) is 0 Å². The van der Waals surface area contributed by atoms with E-state index in [1.54, 1.807) is 12.3 Å². The van der Waals surface area contributed by atoms with Crippen molar-refractivity contribution in [3.63, 3.8) is 0 Å². The van der Waals surface area contributed by atoms with E-state index in [9.17, 15) is 4.39 Å². The lowest BCUT2D eigenvalue weighted by Crippen LogP contribution is -1.92. The fourth-order valence-corrected chi connectivity index (χ4v) is 1.55. The number of hydrogen-bond acceptors (Lipinski definition) is 1. The highest BCUT2D eigenvalue weighted by atomic mass is 35.5. The van der Waals surface area contributed by atoms with Crippen LogP contribution in [0.3, 0.4) is 0 Å². The molecule has 2 aromatic rings. The van der Waals surface area contributed by atoms with Gasteiger partial charge in [0.15, 0.2) is 0 Å². The Morgan fingerprint density at radius 1 is 1.43 bits per heavy atom. The molecule has 0 atom stereocenters. The van der Waals surface area contributed by atoms with Crippen LogP contribution < -0.4 is 0 Å². The number of aromatic nitrogens is 2. The van der Waals surface area contributed by atoms with Crippen molar-refractivity contribution < 1.29 is 4.39 Å². The summed E-state index contributed by atoms with van der Waals surface area (Å²) < 4.78 is 14.6. The van der Waals surface area contributed by atoms with Gasteiger partial charge in [-0.05, 0) is 18.2 Å². The van der Waals surface area contributed by atoms with E-state index in [2.05, 4.69) is 4.98 Å². The number of nitrogens with zero attached hydrogens (tertiary/aromatic N) is 2. The van der Waals surface area contributed by atoms with Crippen molar-refractivity contribution in [2.45, 2.75) is 0 Å². The standard InChI is InChI=1S/C10H8ClFN2/c1-14-5-4-13-10(14)8-3-2-7(12)6-9(8)11/h2-6H,1H3. The summed E-state index contributed by atoms with van der Waals surface area (Å²) in [5.41, 5.74) is 0.737. The van der Waals surface area contributed by atoms with E-state index >= 15 is 0 Å². The van der Waals surface area contributed by atoms with E-state index in [1.807, 2.05) is 17.8 Å². The molecule has 1 aromatic heterocycles. The molecule has 0 saturated carbocycles. The number of aryl methyl sites for hydroxylation is 1. The molecule has 0 radical (unpaired) electrons. The van der Waals surface area contributed by atoms with E-state index in [4.69, 9.17) is 11.6 Å². The Labute approximate surface area is 86.0 Å². The molecule has 0 unspecified atom stereocenters. The van der Waals surface area contributed by atoms with Crippen molar-refractivity contribution >= 4 is 11.6 Å². The highest BCUT2D eigenvalue weighted by Gasteiger charge is 2.08. The summed E-state index contributed by atoms with van der Waals surface area (Å²) in [4.78, 5) is 4.13. The Morgan fingerprint density at radius 2 is 2.21 bits per heavy atom. The van der Waals surface area contributed by atoms with Gasteiger partial charge in [0, 0.05) is 25.0 Å². The molecule has 0 aliphatic heterocycles. The lowest BCUT2D eigenvalue weighted by Gasteiger charge is -2.03. The quantitative estimate of drug-likeness (QED) is 0.708. The lowest BCUT2D eigenvalue weighted by atomic mass is 10.2. The van der Waals surface area contributed by atoms with Crippen LogP contribution in [0.1, 0.15) is 0 Å². The van der Waals surface area contributed by atoms with Gasteiger partial charge in [-0.15, -0.1) is 0 Å². The van der Waals surface area contributed by atoms with E-state index in [1.165, 1.54) is 12.1 Å². The molecule has 0 fully saturated rings. The van der Waals surface area contributed by atoms with Crippen molar-refractivity contribution in [2.75, 3.05) is 0 Å². The predicted octanol–water partition coefficient (Wildman–Crippen LogP) is 2.88. The van der Waals surface area contributed by atoms with Crippen LogP contribution in [0.15, 0.2) is 30.6 Å². The van der Waals surface area contributed by atoms with Crippen LogP contribution >= 0.6 is 11.6 Å². The third-order valence-electron chi connectivity index (χ3n) is 1.99. The van der Waals surface area contributed by atoms with Gasteiger partial charge < -0.3 is 4.57 Å². The second-order valence-corrected chi connectivity index (χ2v) is 3.39. The second kappa shape index (κ2) is 3.42. The third-order valence-corrected chi connectivity index (χ3v) is 2.31. The predicted molar refractivity (Wildman–Crippen MR) is 53.6 cm³/mol. The van der Waals surface area contributed by atoms with Crippen LogP contribution in [-0.2, 0) is 7.05 Å². The Balaban J connectivity index is 2.58. The van der Waals surface area contributed by atoms with Crippen molar-refractivity contribution in [3.05, 3.63) is 41.4 Å². The number of imidazole rings is 1. The summed E-state index contributed by atoms with van der Waals surface area (Å²) in [6.45, 7) is 0. The zero-order valence-corrected chi connectivity index (χ0v) is 8.29. The van der Waals surface area contributed by atoms with Crippen LogP contribution in [0.2, 0.25) is 5.02 Å². The number of hydrogen-bond donors (Lipinski definition) is 0. The van der Waals surface area contributed by atoms with E-state index in [0.29, 0.717) is 5.02 Å². The molecule has 1 aromatic carbocycles. The topological polar surface area (TPSA) is 17.8 Å². The Kier molecular flexibility index (Phi) is 2.25. The molecular weight excluding hydrogens is 203 g/mol. The summed E-state index contributed by atoms with van der Waals surface area (Å²) in [5, 5.41) is 0.374. The number of benzene rings is 1. The fraction of sp³-hybridized carbons (Fsp3) is 0.100. The summed E-state index contributed by atoms with van der Waals surface area (Å²) in [5.74, 6) is 0.392. The Bertz CT molecular complexity index is 465. The first kappa shape index (κ1) is 9.21. The van der Waals surface area contributed by atoms with Gasteiger partial charge >= 0.3 is 0 Å². The molecule has 14 heavy (non-hydrogen) atoms. The Morgan fingerprint density at radius 3 is 2.79 bits per heavy atom. The summed E-state index contributed by atoms with van der Waals surface area (Å²) in [7, 11) is 1.86. The molecular formula is C10H8ClFN2. The van der Waals surface area contributed by atoms with Gasteiger partial charge in [-0.1, -0.05) is 11.6 Å². The minimum Gasteiger partial charge on any atom is -0.334 e. The normalized spacial score (nSPS) is 10.5. The molecule has 2 nitrogen and oxygen atoms in total. The van der Waals surface area contributed by atoms with Gasteiger partial charge in [-0.3, -0.25) is 0 Å². The molecule has 0 N–H and O–H groups in total. The van der Waals surface area contributed by atoms with Crippen molar-refractivity contribution in [1.82, 2.24) is 9.55 Å². The summed E-state index contributed by atoms with van der Waals surface area (Å²) in [6.07, 6.45) is 3.49. The van der Waals surface area contributed by atoms with Crippen LogP contribution in [-0.4, -0.2) is 9.55 Å². The molecule has 4 heteroatoms. The number of rotatable bonds is 1. The first-order valence-electron chi connectivity index (χ1n) is 4.11. The van der Waals surface area contributed by atoms with Gasteiger partial charge in [0.05, 0.1) is 5.02 Å². The van der Waals surface area contributed by atoms with Crippen LogP contribution in [0, 0.1) is 5.82 Å². The molecule has 0 aliphatic rings. The summed E-state index contributed by atoms with van der Waals surface area (Å²) in [6, 6.07) is 4.28. The van der Waals surface area contributed by atoms with E-state index < -0.39 is 0 Å². The van der Waals surface area contributed by atoms with Crippen LogP contribution in [0.4, 0.5) is 4.39 Å². The average molecular weight is 211 g/mol. The van der Waals surface area contributed by atoms with Gasteiger partial charge in [0.2, 0.25) is 0 Å². The fourth-order valence-electron chi connectivity index (χ4n) is 1.30. The maximum absolute atomic E-state index is 12.8. The maximum atomic E-state index is 12.8. The molecule has 0 aliphatic carbocycles. The highest BCUT2D eigenvalue weighted by Crippen LogP contribution is 2.26. The highest BCUT2D eigenvalue weighted by molar-refractivity contribution is 6.33. The molecule has 2 rings (SSSR count). The lowest BCUT2D eigenvalue weighted by molar-refractivity contribution is 0.628. The van der Waals surface area contributed by atoms with E-state index in [0.717, 1.165) is 11.4 Å².